The molecule has 0 atom stereocenters. The van der Waals surface area contributed by atoms with E-state index in [9.17, 15) is 9.90 Å². The molecule has 0 aliphatic heterocycles. The average Bonchev–Trinajstić information content (AvgIpc) is 3.34. The number of phenolic OH excluding ortho intramolecular Hbond substituents is 1. The number of H-pyrrole nitrogens is 1. The summed E-state index contributed by atoms with van der Waals surface area (Å²) in [6.45, 7) is 1.76. The van der Waals surface area contributed by atoms with Crippen LogP contribution in [0.5, 0.6) is 5.75 Å². The molecule has 0 radical (unpaired) electrons. The molecule has 0 fully saturated rings. The highest BCUT2D eigenvalue weighted by Crippen LogP contribution is 2.23. The summed E-state index contributed by atoms with van der Waals surface area (Å²) in [4.78, 5) is 15.3. The molecule has 8 nitrogen and oxygen atoms in total. The zero-order chi connectivity index (χ0) is 20.2. The van der Waals surface area contributed by atoms with E-state index in [4.69, 9.17) is 0 Å². The van der Waals surface area contributed by atoms with Crippen molar-refractivity contribution in [1.29, 1.82) is 0 Å². The Labute approximate surface area is 170 Å². The number of urea groups is 1. The van der Waals surface area contributed by atoms with Crippen LogP contribution >= 0.6 is 11.3 Å². The number of aromatic hydroxyl groups is 1. The average molecular weight is 406 g/mol. The quantitative estimate of drug-likeness (QED) is 0.297. The Morgan fingerprint density at radius 1 is 1.17 bits per heavy atom. The Bertz CT molecular complexity index is 1180. The van der Waals surface area contributed by atoms with E-state index in [1.165, 1.54) is 11.3 Å². The Kier molecular flexibility index (Phi) is 5.21. The Balaban J connectivity index is 1.36. The summed E-state index contributed by atoms with van der Waals surface area (Å²) in [7, 11) is 0. The number of hydrogen-bond donors (Lipinski definition) is 4. The van der Waals surface area contributed by atoms with Crippen molar-refractivity contribution in [2.75, 3.05) is 5.32 Å². The molecule has 4 aromatic rings. The van der Waals surface area contributed by atoms with Gasteiger partial charge < -0.3 is 10.1 Å². The van der Waals surface area contributed by atoms with Gasteiger partial charge in [0.15, 0.2) is 0 Å². The van der Waals surface area contributed by atoms with Gasteiger partial charge in [-0.3, -0.25) is 5.32 Å². The molecular weight excluding hydrogens is 388 g/mol. The molecule has 146 valence electrons. The SMILES string of the molecule is C/C(=N/NC(=O)Nc1nnc(Cc2c[nH]c3ccccc23)s1)c1ccc(O)cc1. The van der Waals surface area contributed by atoms with E-state index in [-0.39, 0.29) is 5.75 Å². The number of nitrogens with zero attached hydrogens (tertiary/aromatic N) is 3. The largest absolute Gasteiger partial charge is 0.508 e. The van der Waals surface area contributed by atoms with Crippen molar-refractivity contribution in [3.63, 3.8) is 0 Å². The fraction of sp³-hybridized carbons (Fsp3) is 0.100. The van der Waals surface area contributed by atoms with Gasteiger partial charge in [-0.1, -0.05) is 29.5 Å². The molecule has 0 aliphatic carbocycles. The fourth-order valence-corrected chi connectivity index (χ4v) is 3.60. The summed E-state index contributed by atoms with van der Waals surface area (Å²) in [5.74, 6) is 0.173. The summed E-state index contributed by atoms with van der Waals surface area (Å²) in [6.07, 6.45) is 2.59. The number of hydrazone groups is 1. The number of amides is 2. The molecule has 0 unspecified atom stereocenters. The number of aromatic amines is 1. The summed E-state index contributed by atoms with van der Waals surface area (Å²) < 4.78 is 0. The highest BCUT2D eigenvalue weighted by Gasteiger charge is 2.11. The van der Waals surface area contributed by atoms with Crippen LogP contribution in [0, 0.1) is 0 Å². The van der Waals surface area contributed by atoms with Gasteiger partial charge in [-0.25, -0.2) is 10.2 Å². The van der Waals surface area contributed by atoms with E-state index in [2.05, 4.69) is 37.1 Å². The van der Waals surface area contributed by atoms with Gasteiger partial charge in [0.05, 0.1) is 5.71 Å². The number of carbonyl (C=O) groups is 1. The first-order valence-electron chi connectivity index (χ1n) is 8.86. The van der Waals surface area contributed by atoms with Crippen molar-refractivity contribution < 1.29 is 9.90 Å². The molecular formula is C20H18N6O2S. The van der Waals surface area contributed by atoms with Crippen molar-refractivity contribution in [2.45, 2.75) is 13.3 Å². The van der Waals surface area contributed by atoms with Gasteiger partial charge in [-0.2, -0.15) is 5.10 Å². The lowest BCUT2D eigenvalue weighted by Gasteiger charge is -2.03. The van der Waals surface area contributed by atoms with Crippen LogP contribution in [0.1, 0.15) is 23.1 Å². The summed E-state index contributed by atoms with van der Waals surface area (Å²) in [6, 6.07) is 14.1. The first-order valence-corrected chi connectivity index (χ1v) is 9.68. The Hall–Kier alpha value is -3.72. The molecule has 0 saturated carbocycles. The van der Waals surface area contributed by atoms with Crippen LogP contribution in [0.4, 0.5) is 9.93 Å². The molecule has 4 rings (SSSR count). The number of nitrogens with one attached hydrogen (secondary N) is 3. The Morgan fingerprint density at radius 2 is 1.97 bits per heavy atom. The van der Waals surface area contributed by atoms with E-state index < -0.39 is 6.03 Å². The number of phenols is 1. The zero-order valence-electron chi connectivity index (χ0n) is 15.5. The molecule has 2 aromatic carbocycles. The van der Waals surface area contributed by atoms with Gasteiger partial charge in [-0.15, -0.1) is 10.2 Å². The topological polar surface area (TPSA) is 115 Å². The summed E-state index contributed by atoms with van der Waals surface area (Å²) in [5, 5.41) is 26.5. The second kappa shape index (κ2) is 8.11. The number of fused-ring (bicyclic) bond motifs is 1. The number of carbonyl (C=O) groups excluding carboxylic acids is 1. The Morgan fingerprint density at radius 3 is 2.79 bits per heavy atom. The molecule has 2 aromatic heterocycles. The number of rotatable bonds is 5. The van der Waals surface area contributed by atoms with E-state index in [1.54, 1.807) is 31.2 Å². The van der Waals surface area contributed by atoms with Crippen LogP contribution in [0.15, 0.2) is 59.8 Å². The van der Waals surface area contributed by atoms with Crippen molar-refractivity contribution in [2.24, 2.45) is 5.10 Å². The van der Waals surface area contributed by atoms with Crippen LogP contribution in [-0.4, -0.2) is 32.0 Å². The van der Waals surface area contributed by atoms with E-state index >= 15 is 0 Å². The molecule has 2 amide bonds. The normalized spacial score (nSPS) is 11.6. The minimum absolute atomic E-state index is 0.173. The lowest BCUT2D eigenvalue weighted by Crippen LogP contribution is -2.25. The summed E-state index contributed by atoms with van der Waals surface area (Å²) in [5.41, 5.74) is 6.04. The van der Waals surface area contributed by atoms with Crippen LogP contribution in [-0.2, 0) is 6.42 Å². The van der Waals surface area contributed by atoms with Gasteiger partial charge in [0, 0.05) is 23.5 Å². The smallest absolute Gasteiger partial charge is 0.341 e. The van der Waals surface area contributed by atoms with E-state index in [1.807, 2.05) is 24.4 Å². The van der Waals surface area contributed by atoms with Gasteiger partial charge in [-0.05, 0) is 48.4 Å². The van der Waals surface area contributed by atoms with Crippen LogP contribution in [0.25, 0.3) is 10.9 Å². The van der Waals surface area contributed by atoms with Gasteiger partial charge in [0.1, 0.15) is 10.8 Å². The lowest BCUT2D eigenvalue weighted by molar-refractivity contribution is 0.252. The maximum Gasteiger partial charge on any atom is 0.341 e. The monoisotopic (exact) mass is 406 g/mol. The number of aromatic nitrogens is 3. The predicted molar refractivity (Wildman–Crippen MR) is 113 cm³/mol. The lowest BCUT2D eigenvalue weighted by atomic mass is 10.1. The molecule has 29 heavy (non-hydrogen) atoms. The van der Waals surface area contributed by atoms with Crippen molar-refractivity contribution >= 4 is 39.1 Å². The molecule has 0 saturated heterocycles. The minimum atomic E-state index is -0.502. The van der Waals surface area contributed by atoms with Gasteiger partial charge in [0.2, 0.25) is 5.13 Å². The zero-order valence-corrected chi connectivity index (χ0v) is 16.3. The first-order chi connectivity index (χ1) is 14.1. The molecule has 0 spiro atoms. The third-order valence-corrected chi connectivity index (χ3v) is 5.15. The highest BCUT2D eigenvalue weighted by atomic mass is 32.1. The number of anilines is 1. The maximum absolute atomic E-state index is 12.1. The first kappa shape index (κ1) is 18.6. The van der Waals surface area contributed by atoms with Crippen LogP contribution in [0.2, 0.25) is 0 Å². The van der Waals surface area contributed by atoms with Crippen LogP contribution < -0.4 is 10.7 Å². The van der Waals surface area contributed by atoms with Crippen molar-refractivity contribution in [3.05, 3.63) is 70.9 Å². The number of benzene rings is 2. The van der Waals surface area contributed by atoms with Gasteiger partial charge >= 0.3 is 6.03 Å². The van der Waals surface area contributed by atoms with Crippen molar-refractivity contribution in [3.8, 4) is 5.75 Å². The maximum atomic E-state index is 12.1. The molecule has 9 heteroatoms. The van der Waals surface area contributed by atoms with Crippen molar-refractivity contribution in [1.82, 2.24) is 20.6 Å². The fourth-order valence-electron chi connectivity index (χ4n) is 2.84. The molecule has 4 N–H and O–H groups in total. The predicted octanol–water partition coefficient (Wildman–Crippen LogP) is 3.86. The number of hydrogen-bond acceptors (Lipinski definition) is 6. The third-order valence-electron chi connectivity index (χ3n) is 4.31. The molecule has 0 aliphatic rings. The summed E-state index contributed by atoms with van der Waals surface area (Å²) >= 11 is 1.32. The second-order valence-corrected chi connectivity index (χ2v) is 7.41. The second-order valence-electron chi connectivity index (χ2n) is 6.35. The van der Waals surface area contributed by atoms with E-state index in [0.29, 0.717) is 17.3 Å². The third kappa shape index (κ3) is 4.41. The number of para-hydroxylation sites is 1. The highest BCUT2D eigenvalue weighted by molar-refractivity contribution is 7.15. The minimum Gasteiger partial charge on any atom is -0.508 e. The standard InChI is InChI=1S/C20H18N6O2S/c1-12(13-6-8-15(27)9-7-13)23-25-19(28)22-20-26-24-18(29-20)10-14-11-21-17-5-3-2-4-16(14)17/h2-9,11,21,27H,10H2,1H3,(H2,22,25,26,28)/b23-12-. The van der Waals surface area contributed by atoms with E-state index in [0.717, 1.165) is 27.0 Å². The van der Waals surface area contributed by atoms with Crippen LogP contribution in [0.3, 0.4) is 0 Å². The van der Waals surface area contributed by atoms with Gasteiger partial charge in [0.25, 0.3) is 0 Å². The molecule has 2 heterocycles. The molecule has 0 bridgehead atoms.